The average molecular weight is 363 g/mol. The van der Waals surface area contributed by atoms with Crippen LogP contribution >= 0.6 is 15.9 Å². The first kappa shape index (κ1) is 15.8. The van der Waals surface area contributed by atoms with Crippen LogP contribution < -0.4 is 4.74 Å². The fourth-order valence-corrected chi connectivity index (χ4v) is 3.53. The number of sulfone groups is 1. The van der Waals surface area contributed by atoms with Crippen LogP contribution in [0.3, 0.4) is 0 Å². The van der Waals surface area contributed by atoms with Gasteiger partial charge in [0.1, 0.15) is 5.75 Å². The smallest absolute Gasteiger partial charge is 0.175 e. The molecule has 1 aliphatic heterocycles. The molecule has 0 unspecified atom stereocenters. The van der Waals surface area contributed by atoms with E-state index in [-0.39, 0.29) is 10.3 Å². The highest BCUT2D eigenvalue weighted by atomic mass is 79.9. The predicted octanol–water partition coefficient (Wildman–Crippen LogP) is 2.66. The molecule has 1 saturated heterocycles. The lowest BCUT2D eigenvalue weighted by molar-refractivity contribution is 0.00351. The molecule has 0 aliphatic carbocycles. The van der Waals surface area contributed by atoms with E-state index in [0.29, 0.717) is 12.4 Å². The minimum absolute atomic E-state index is 0.0688. The quantitative estimate of drug-likeness (QED) is 0.755. The van der Waals surface area contributed by atoms with Gasteiger partial charge < -0.3 is 9.47 Å². The lowest BCUT2D eigenvalue weighted by Crippen LogP contribution is -2.36. The van der Waals surface area contributed by atoms with E-state index in [0.717, 1.165) is 31.4 Å². The van der Waals surface area contributed by atoms with Crippen LogP contribution in [0.1, 0.15) is 12.8 Å². The van der Waals surface area contributed by atoms with Gasteiger partial charge in [-0.05, 0) is 31.0 Å². The van der Waals surface area contributed by atoms with E-state index in [9.17, 15) is 8.42 Å². The Kier molecular flexibility index (Phi) is 5.09. The zero-order chi connectivity index (χ0) is 14.6. The maximum atomic E-state index is 11.5. The van der Waals surface area contributed by atoms with Crippen molar-refractivity contribution in [2.45, 2.75) is 17.7 Å². The first-order valence-electron chi connectivity index (χ1n) is 6.52. The molecule has 0 bridgehead atoms. The molecule has 0 spiro atoms. The SMILES string of the molecule is CS(=O)(=O)c1cccc(OCC2(CBr)CCOCC2)c1. The van der Waals surface area contributed by atoms with Gasteiger partial charge in [-0.3, -0.25) is 0 Å². The molecule has 1 aromatic carbocycles. The Hall–Kier alpha value is -0.590. The second kappa shape index (κ2) is 6.45. The summed E-state index contributed by atoms with van der Waals surface area (Å²) in [5.74, 6) is 0.597. The van der Waals surface area contributed by atoms with Gasteiger partial charge in [-0.15, -0.1) is 0 Å². The Balaban J connectivity index is 2.07. The number of alkyl halides is 1. The van der Waals surface area contributed by atoms with Crippen LogP contribution in [-0.4, -0.2) is 39.8 Å². The van der Waals surface area contributed by atoms with Crippen LogP contribution in [0.4, 0.5) is 0 Å². The first-order valence-corrected chi connectivity index (χ1v) is 9.53. The molecule has 1 aromatic rings. The molecule has 0 radical (unpaired) electrons. The lowest BCUT2D eigenvalue weighted by atomic mass is 9.83. The minimum Gasteiger partial charge on any atom is -0.493 e. The number of hydrogen-bond donors (Lipinski definition) is 0. The zero-order valence-corrected chi connectivity index (χ0v) is 13.9. The summed E-state index contributed by atoms with van der Waals surface area (Å²) in [5, 5.41) is 0.856. The van der Waals surface area contributed by atoms with Crippen molar-refractivity contribution in [3.63, 3.8) is 0 Å². The number of halogens is 1. The van der Waals surface area contributed by atoms with Crippen molar-refractivity contribution in [1.82, 2.24) is 0 Å². The third kappa shape index (κ3) is 3.96. The van der Waals surface area contributed by atoms with Crippen LogP contribution in [0.2, 0.25) is 0 Å². The average Bonchev–Trinajstić information content (AvgIpc) is 2.46. The zero-order valence-electron chi connectivity index (χ0n) is 11.5. The highest BCUT2D eigenvalue weighted by Gasteiger charge is 2.32. The van der Waals surface area contributed by atoms with Gasteiger partial charge in [0.05, 0.1) is 11.5 Å². The van der Waals surface area contributed by atoms with E-state index in [1.54, 1.807) is 24.3 Å². The van der Waals surface area contributed by atoms with E-state index < -0.39 is 9.84 Å². The van der Waals surface area contributed by atoms with Gasteiger partial charge in [-0.1, -0.05) is 22.0 Å². The van der Waals surface area contributed by atoms with Gasteiger partial charge in [-0.25, -0.2) is 8.42 Å². The summed E-state index contributed by atoms with van der Waals surface area (Å²) in [7, 11) is -3.20. The Morgan fingerprint density at radius 2 is 2.05 bits per heavy atom. The van der Waals surface area contributed by atoms with E-state index in [2.05, 4.69) is 15.9 Å². The van der Waals surface area contributed by atoms with Crippen LogP contribution in [0.15, 0.2) is 29.2 Å². The normalized spacial score (nSPS) is 18.7. The minimum atomic E-state index is -3.20. The summed E-state index contributed by atoms with van der Waals surface area (Å²) in [6.07, 6.45) is 3.10. The molecule has 0 N–H and O–H groups in total. The maximum Gasteiger partial charge on any atom is 0.175 e. The Labute approximate surface area is 128 Å². The number of benzene rings is 1. The molecule has 0 atom stereocenters. The Morgan fingerprint density at radius 1 is 1.35 bits per heavy atom. The molecule has 0 saturated carbocycles. The monoisotopic (exact) mass is 362 g/mol. The fourth-order valence-electron chi connectivity index (χ4n) is 2.15. The highest BCUT2D eigenvalue weighted by molar-refractivity contribution is 9.09. The van der Waals surface area contributed by atoms with Crippen LogP contribution in [0.25, 0.3) is 0 Å². The van der Waals surface area contributed by atoms with Crippen molar-refractivity contribution in [1.29, 1.82) is 0 Å². The largest absolute Gasteiger partial charge is 0.493 e. The van der Waals surface area contributed by atoms with Crippen molar-refractivity contribution in [2.24, 2.45) is 5.41 Å². The van der Waals surface area contributed by atoms with Gasteiger partial charge >= 0.3 is 0 Å². The number of ether oxygens (including phenoxy) is 2. The van der Waals surface area contributed by atoms with E-state index in [4.69, 9.17) is 9.47 Å². The van der Waals surface area contributed by atoms with E-state index >= 15 is 0 Å². The van der Waals surface area contributed by atoms with Crippen molar-refractivity contribution in [2.75, 3.05) is 31.4 Å². The summed E-state index contributed by atoms with van der Waals surface area (Å²) >= 11 is 3.56. The number of hydrogen-bond acceptors (Lipinski definition) is 4. The molecule has 1 heterocycles. The van der Waals surface area contributed by atoms with Crippen LogP contribution in [0.5, 0.6) is 5.75 Å². The third-order valence-electron chi connectivity index (χ3n) is 3.62. The Morgan fingerprint density at radius 3 is 2.65 bits per heavy atom. The molecular weight excluding hydrogens is 344 g/mol. The summed E-state index contributed by atoms with van der Waals surface area (Å²) in [6, 6.07) is 6.65. The number of rotatable bonds is 5. The maximum absolute atomic E-state index is 11.5. The van der Waals surface area contributed by atoms with Crippen molar-refractivity contribution in [3.05, 3.63) is 24.3 Å². The summed E-state index contributed by atoms with van der Waals surface area (Å²) in [4.78, 5) is 0.287. The Bertz CT molecular complexity index is 550. The summed E-state index contributed by atoms with van der Waals surface area (Å²) in [6.45, 7) is 2.06. The van der Waals surface area contributed by atoms with Crippen molar-refractivity contribution in [3.8, 4) is 5.75 Å². The predicted molar refractivity (Wildman–Crippen MR) is 81.3 cm³/mol. The van der Waals surface area contributed by atoms with Gasteiger partial charge in [-0.2, -0.15) is 0 Å². The summed E-state index contributed by atoms with van der Waals surface area (Å²) < 4.78 is 34.3. The van der Waals surface area contributed by atoms with Gasteiger partial charge in [0.25, 0.3) is 0 Å². The molecule has 2 rings (SSSR count). The lowest BCUT2D eigenvalue weighted by Gasteiger charge is -2.35. The molecular formula is C14H19BrO4S. The van der Waals surface area contributed by atoms with E-state index in [1.165, 1.54) is 6.26 Å². The standard InChI is InChI=1S/C14H19BrO4S/c1-20(16,17)13-4-2-3-12(9-13)19-11-14(10-15)5-7-18-8-6-14/h2-4,9H,5-8,10-11H2,1H3. The van der Waals surface area contributed by atoms with Crippen LogP contribution in [-0.2, 0) is 14.6 Å². The fraction of sp³-hybridized carbons (Fsp3) is 0.571. The van der Waals surface area contributed by atoms with E-state index in [1.807, 2.05) is 0 Å². The molecule has 0 amide bonds. The van der Waals surface area contributed by atoms with Crippen LogP contribution in [0, 0.1) is 5.41 Å². The van der Waals surface area contributed by atoms with Gasteiger partial charge in [0.15, 0.2) is 9.84 Å². The molecule has 1 aliphatic rings. The summed E-state index contributed by atoms with van der Waals surface area (Å²) in [5.41, 5.74) is 0.0688. The molecule has 0 aromatic heterocycles. The first-order chi connectivity index (χ1) is 9.45. The highest BCUT2D eigenvalue weighted by Crippen LogP contribution is 2.33. The van der Waals surface area contributed by atoms with Crippen molar-refractivity contribution >= 4 is 25.8 Å². The molecule has 20 heavy (non-hydrogen) atoms. The molecule has 1 fully saturated rings. The molecule has 4 nitrogen and oxygen atoms in total. The third-order valence-corrected chi connectivity index (χ3v) is 5.92. The van der Waals surface area contributed by atoms with Gasteiger partial charge in [0, 0.05) is 30.2 Å². The molecule has 112 valence electrons. The second-order valence-corrected chi connectivity index (χ2v) is 7.86. The van der Waals surface area contributed by atoms with Gasteiger partial charge in [0.2, 0.25) is 0 Å². The molecule has 6 heteroatoms. The topological polar surface area (TPSA) is 52.6 Å². The van der Waals surface area contributed by atoms with Crippen molar-refractivity contribution < 1.29 is 17.9 Å². The second-order valence-electron chi connectivity index (χ2n) is 5.28.